The molecule has 2 rings (SSSR count). The van der Waals surface area contributed by atoms with Crippen molar-refractivity contribution in [2.24, 2.45) is 0 Å². The molecule has 1 heterocycles. The third-order valence-corrected chi connectivity index (χ3v) is 3.39. The minimum absolute atomic E-state index is 0.0176. The van der Waals surface area contributed by atoms with E-state index in [1.54, 1.807) is 19.1 Å². The molecule has 0 radical (unpaired) electrons. The van der Waals surface area contributed by atoms with Crippen LogP contribution in [0.15, 0.2) is 30.3 Å². The molecule has 128 valence electrons. The number of anilines is 2. The van der Waals surface area contributed by atoms with Gasteiger partial charge in [0.05, 0.1) is 7.11 Å². The zero-order valence-corrected chi connectivity index (χ0v) is 13.3. The number of pyridine rings is 1. The summed E-state index contributed by atoms with van der Waals surface area (Å²) in [6.45, 7) is 1.68. The van der Waals surface area contributed by atoms with Gasteiger partial charge in [-0.2, -0.15) is 13.2 Å². The second-order valence-electron chi connectivity index (χ2n) is 4.96. The number of carbonyl (C=O) groups excluding carboxylic acids is 1. The summed E-state index contributed by atoms with van der Waals surface area (Å²) in [5.74, 6) is 0.0872. The van der Waals surface area contributed by atoms with Crippen LogP contribution in [0, 0.1) is 6.92 Å². The number of benzene rings is 1. The van der Waals surface area contributed by atoms with Gasteiger partial charge >= 0.3 is 6.18 Å². The second-order valence-corrected chi connectivity index (χ2v) is 4.96. The number of ether oxygens (including phenoxy) is 1. The Kier molecular flexibility index (Phi) is 4.96. The SMILES string of the molecule is CNC(=O)c1cc(OC)cc(Nc2cccc(C(F)(F)F)n2)c1C. The standard InChI is InChI=1S/C16H16F3N3O2/c1-9-11(15(23)20-2)7-10(24-3)8-12(9)21-14-6-4-5-13(22-14)16(17,18)19/h4-8H,1-3H3,(H,20,23)(H,21,22). The van der Waals surface area contributed by atoms with Gasteiger partial charge in [0.25, 0.3) is 5.91 Å². The van der Waals surface area contributed by atoms with Crippen molar-refractivity contribution in [3.63, 3.8) is 0 Å². The smallest absolute Gasteiger partial charge is 0.433 e. The van der Waals surface area contributed by atoms with E-state index in [1.807, 2.05) is 0 Å². The Hall–Kier alpha value is -2.77. The number of hydrogen-bond donors (Lipinski definition) is 2. The zero-order valence-electron chi connectivity index (χ0n) is 13.3. The van der Waals surface area contributed by atoms with Crippen molar-refractivity contribution in [1.82, 2.24) is 10.3 Å². The fourth-order valence-electron chi connectivity index (χ4n) is 2.11. The molecule has 0 unspecified atom stereocenters. The second kappa shape index (κ2) is 6.77. The molecule has 24 heavy (non-hydrogen) atoms. The Labute approximate surface area is 136 Å². The topological polar surface area (TPSA) is 63.2 Å². The fraction of sp³-hybridized carbons (Fsp3) is 0.250. The van der Waals surface area contributed by atoms with Crippen molar-refractivity contribution in [3.05, 3.63) is 47.2 Å². The van der Waals surface area contributed by atoms with E-state index in [-0.39, 0.29) is 11.7 Å². The zero-order chi connectivity index (χ0) is 17.9. The molecule has 0 fully saturated rings. The van der Waals surface area contributed by atoms with Crippen LogP contribution in [0.25, 0.3) is 0 Å². The Morgan fingerprint density at radius 3 is 2.54 bits per heavy atom. The molecule has 0 aliphatic rings. The molecule has 0 spiro atoms. The molecule has 2 aromatic rings. The monoisotopic (exact) mass is 339 g/mol. The van der Waals surface area contributed by atoms with Crippen LogP contribution < -0.4 is 15.4 Å². The molecule has 2 N–H and O–H groups in total. The van der Waals surface area contributed by atoms with Gasteiger partial charge in [0, 0.05) is 24.4 Å². The number of hydrogen-bond acceptors (Lipinski definition) is 4. The van der Waals surface area contributed by atoms with E-state index < -0.39 is 11.9 Å². The number of methoxy groups -OCH3 is 1. The summed E-state index contributed by atoms with van der Waals surface area (Å²) in [5.41, 5.74) is 0.347. The lowest BCUT2D eigenvalue weighted by atomic mass is 10.1. The summed E-state index contributed by atoms with van der Waals surface area (Å²) < 4.78 is 43.4. The van der Waals surface area contributed by atoms with Crippen molar-refractivity contribution in [3.8, 4) is 5.75 Å². The molecule has 1 aromatic heterocycles. The molecule has 0 bridgehead atoms. The van der Waals surface area contributed by atoms with Crippen molar-refractivity contribution in [2.45, 2.75) is 13.1 Å². The van der Waals surface area contributed by atoms with E-state index in [4.69, 9.17) is 4.74 Å². The quantitative estimate of drug-likeness (QED) is 0.895. The highest BCUT2D eigenvalue weighted by Crippen LogP contribution is 2.31. The molecular weight excluding hydrogens is 323 g/mol. The van der Waals surface area contributed by atoms with Crippen molar-refractivity contribution >= 4 is 17.4 Å². The van der Waals surface area contributed by atoms with Crippen LogP contribution in [0.2, 0.25) is 0 Å². The van der Waals surface area contributed by atoms with Gasteiger partial charge in [-0.25, -0.2) is 4.98 Å². The number of alkyl halides is 3. The number of aromatic nitrogens is 1. The van der Waals surface area contributed by atoms with Gasteiger partial charge in [-0.05, 0) is 30.7 Å². The Balaban J connectivity index is 2.44. The van der Waals surface area contributed by atoms with E-state index in [0.717, 1.165) is 6.07 Å². The third-order valence-electron chi connectivity index (χ3n) is 3.39. The molecule has 0 aliphatic carbocycles. The first kappa shape index (κ1) is 17.6. The van der Waals surface area contributed by atoms with E-state index >= 15 is 0 Å². The number of rotatable bonds is 4. The van der Waals surface area contributed by atoms with E-state index in [1.165, 1.54) is 26.3 Å². The highest BCUT2D eigenvalue weighted by molar-refractivity contribution is 5.97. The average molecular weight is 339 g/mol. The summed E-state index contributed by atoms with van der Waals surface area (Å²) in [7, 11) is 2.92. The Bertz CT molecular complexity index is 761. The Morgan fingerprint density at radius 2 is 1.96 bits per heavy atom. The van der Waals surface area contributed by atoms with Crippen molar-refractivity contribution < 1.29 is 22.7 Å². The number of nitrogens with one attached hydrogen (secondary N) is 2. The minimum Gasteiger partial charge on any atom is -0.497 e. The maximum Gasteiger partial charge on any atom is 0.433 e. The lowest BCUT2D eigenvalue weighted by molar-refractivity contribution is -0.141. The molecule has 0 saturated carbocycles. The van der Waals surface area contributed by atoms with Crippen molar-refractivity contribution in [1.29, 1.82) is 0 Å². The maximum atomic E-state index is 12.8. The molecule has 0 aliphatic heterocycles. The van der Waals surface area contributed by atoms with Gasteiger partial charge in [-0.15, -0.1) is 0 Å². The van der Waals surface area contributed by atoms with Gasteiger partial charge in [-0.1, -0.05) is 6.07 Å². The van der Waals surface area contributed by atoms with Crippen LogP contribution in [0.1, 0.15) is 21.6 Å². The Morgan fingerprint density at radius 1 is 1.25 bits per heavy atom. The fourth-order valence-corrected chi connectivity index (χ4v) is 2.11. The normalized spacial score (nSPS) is 11.1. The van der Waals surface area contributed by atoms with Gasteiger partial charge < -0.3 is 15.4 Å². The summed E-state index contributed by atoms with van der Waals surface area (Å²) in [6, 6.07) is 6.70. The molecule has 5 nitrogen and oxygen atoms in total. The van der Waals surface area contributed by atoms with Gasteiger partial charge in [0.1, 0.15) is 17.3 Å². The molecule has 8 heteroatoms. The molecule has 1 aromatic carbocycles. The van der Waals surface area contributed by atoms with Gasteiger partial charge in [0.2, 0.25) is 0 Å². The van der Waals surface area contributed by atoms with Crippen LogP contribution in [0.4, 0.5) is 24.7 Å². The first-order valence-electron chi connectivity index (χ1n) is 6.98. The van der Waals surface area contributed by atoms with Crippen molar-refractivity contribution in [2.75, 3.05) is 19.5 Å². The molecular formula is C16H16F3N3O2. The van der Waals surface area contributed by atoms with Crippen LogP contribution in [0.3, 0.4) is 0 Å². The van der Waals surface area contributed by atoms with Crippen LogP contribution in [0.5, 0.6) is 5.75 Å². The lowest BCUT2D eigenvalue weighted by Gasteiger charge is -2.15. The predicted octanol–water partition coefficient (Wildman–Crippen LogP) is 3.52. The maximum absolute atomic E-state index is 12.8. The number of carbonyl (C=O) groups is 1. The lowest BCUT2D eigenvalue weighted by Crippen LogP contribution is -2.19. The molecule has 0 saturated heterocycles. The van der Waals surface area contributed by atoms with Crippen LogP contribution in [-0.2, 0) is 6.18 Å². The number of amides is 1. The highest BCUT2D eigenvalue weighted by atomic mass is 19.4. The minimum atomic E-state index is -4.53. The first-order valence-corrected chi connectivity index (χ1v) is 6.98. The first-order chi connectivity index (χ1) is 11.3. The summed E-state index contributed by atoms with van der Waals surface area (Å²) in [6.07, 6.45) is -4.53. The van der Waals surface area contributed by atoms with E-state index in [9.17, 15) is 18.0 Å². The molecule has 0 atom stereocenters. The average Bonchev–Trinajstić information content (AvgIpc) is 2.55. The highest BCUT2D eigenvalue weighted by Gasteiger charge is 2.32. The molecule has 1 amide bonds. The largest absolute Gasteiger partial charge is 0.497 e. The van der Waals surface area contributed by atoms with E-state index in [0.29, 0.717) is 22.6 Å². The number of halogens is 3. The summed E-state index contributed by atoms with van der Waals surface area (Å²) >= 11 is 0. The number of nitrogens with zero attached hydrogens (tertiary/aromatic N) is 1. The summed E-state index contributed by atoms with van der Waals surface area (Å²) in [4.78, 5) is 15.5. The third kappa shape index (κ3) is 3.76. The van der Waals surface area contributed by atoms with Crippen LogP contribution in [-0.4, -0.2) is 25.0 Å². The van der Waals surface area contributed by atoms with Gasteiger partial charge in [0.15, 0.2) is 0 Å². The van der Waals surface area contributed by atoms with Gasteiger partial charge in [-0.3, -0.25) is 4.79 Å². The van der Waals surface area contributed by atoms with Crippen LogP contribution >= 0.6 is 0 Å². The predicted molar refractivity (Wildman–Crippen MR) is 83.6 cm³/mol. The van der Waals surface area contributed by atoms with E-state index in [2.05, 4.69) is 15.6 Å². The summed E-state index contributed by atoms with van der Waals surface area (Å²) in [5, 5.41) is 5.31.